The molecule has 0 amide bonds. The molecule has 1 heterocycles. The van der Waals surface area contributed by atoms with Gasteiger partial charge >= 0.3 is 0 Å². The van der Waals surface area contributed by atoms with Crippen LogP contribution in [0.4, 0.5) is 19.6 Å². The van der Waals surface area contributed by atoms with Crippen LogP contribution in [0.25, 0.3) is 0 Å². The summed E-state index contributed by atoms with van der Waals surface area (Å²) in [5.41, 5.74) is -0.191. The normalized spacial score (nSPS) is 11.4. The van der Waals surface area contributed by atoms with E-state index in [0.29, 0.717) is 10.4 Å². The average Bonchev–Trinajstić information content (AvgIpc) is 3.04. The molecule has 0 saturated heterocycles. The van der Waals surface area contributed by atoms with Crippen LogP contribution in [0, 0.1) is 21.7 Å². The lowest BCUT2D eigenvalue weighted by Crippen LogP contribution is -2.14. The largest absolute Gasteiger partial charge is 0.291 e. The smallest absolute Gasteiger partial charge is 0.258 e. The summed E-state index contributed by atoms with van der Waals surface area (Å²) in [7, 11) is -4.29. The summed E-state index contributed by atoms with van der Waals surface area (Å²) in [5.74, 6) is -1.95. The SMILES string of the molecule is O=[N+]([O-])c1cc(Cl)ccc1S(=O)(=O)Nc1ncc(Cc2ccc(F)c(F)c2)s1. The number of rotatable bonds is 6. The molecule has 1 N–H and O–H groups in total. The van der Waals surface area contributed by atoms with Gasteiger partial charge in [-0.25, -0.2) is 22.2 Å². The lowest BCUT2D eigenvalue weighted by atomic mass is 10.1. The first-order chi connectivity index (χ1) is 13.2. The van der Waals surface area contributed by atoms with Crippen LogP contribution in [0.1, 0.15) is 10.4 Å². The Morgan fingerprint density at radius 3 is 2.61 bits per heavy atom. The van der Waals surface area contributed by atoms with Crippen molar-refractivity contribution in [1.29, 1.82) is 0 Å². The first-order valence-electron chi connectivity index (χ1n) is 7.51. The van der Waals surface area contributed by atoms with Crippen LogP contribution in [0.2, 0.25) is 5.02 Å². The summed E-state index contributed by atoms with van der Waals surface area (Å²) in [6.45, 7) is 0. The van der Waals surface area contributed by atoms with Gasteiger partial charge in [0.05, 0.1) is 4.92 Å². The number of aromatic nitrogens is 1. The molecule has 12 heteroatoms. The van der Waals surface area contributed by atoms with Crippen LogP contribution in [-0.4, -0.2) is 18.3 Å². The highest BCUT2D eigenvalue weighted by atomic mass is 35.5. The van der Waals surface area contributed by atoms with Gasteiger partial charge in [0.2, 0.25) is 0 Å². The van der Waals surface area contributed by atoms with E-state index in [1.807, 2.05) is 0 Å². The number of hydrogen-bond donors (Lipinski definition) is 1. The molecule has 0 bridgehead atoms. The van der Waals surface area contributed by atoms with Gasteiger partial charge in [0.15, 0.2) is 21.7 Å². The average molecular weight is 446 g/mol. The lowest BCUT2D eigenvalue weighted by Gasteiger charge is -2.06. The molecular weight excluding hydrogens is 436 g/mol. The number of nitro benzene ring substituents is 1. The predicted molar refractivity (Wildman–Crippen MR) is 100 cm³/mol. The van der Waals surface area contributed by atoms with Crippen LogP contribution in [0.5, 0.6) is 0 Å². The summed E-state index contributed by atoms with van der Waals surface area (Å²) in [5, 5.41) is 11.1. The first kappa shape index (κ1) is 20.1. The number of nitrogens with one attached hydrogen (secondary N) is 1. The third-order valence-corrected chi connectivity index (χ3v) is 6.21. The number of thiazole rings is 1. The molecule has 3 rings (SSSR count). The van der Waals surface area contributed by atoms with Crippen LogP contribution in [0.3, 0.4) is 0 Å². The van der Waals surface area contributed by atoms with Crippen LogP contribution < -0.4 is 4.72 Å². The van der Waals surface area contributed by atoms with Gasteiger partial charge in [0, 0.05) is 28.6 Å². The molecule has 0 radical (unpaired) electrons. The predicted octanol–water partition coefficient (Wildman–Crippen LogP) is 4.37. The van der Waals surface area contributed by atoms with Crippen molar-refractivity contribution in [3.63, 3.8) is 0 Å². The van der Waals surface area contributed by atoms with Gasteiger partial charge in [0.1, 0.15) is 0 Å². The van der Waals surface area contributed by atoms with Crippen LogP contribution >= 0.6 is 22.9 Å². The van der Waals surface area contributed by atoms with Gasteiger partial charge in [-0.1, -0.05) is 17.7 Å². The minimum absolute atomic E-state index is 0.0220. The van der Waals surface area contributed by atoms with Crippen molar-refractivity contribution in [2.75, 3.05) is 4.72 Å². The zero-order valence-corrected chi connectivity index (χ0v) is 16.1. The van der Waals surface area contributed by atoms with Crippen molar-refractivity contribution < 1.29 is 22.1 Å². The third kappa shape index (κ3) is 4.43. The summed E-state index contributed by atoms with van der Waals surface area (Å²) in [6.07, 6.45) is 1.58. The van der Waals surface area contributed by atoms with E-state index in [1.54, 1.807) is 0 Å². The second kappa shape index (κ2) is 7.78. The monoisotopic (exact) mass is 445 g/mol. The maximum Gasteiger partial charge on any atom is 0.291 e. The van der Waals surface area contributed by atoms with E-state index in [2.05, 4.69) is 9.71 Å². The Morgan fingerprint density at radius 2 is 1.93 bits per heavy atom. The zero-order chi connectivity index (χ0) is 20.5. The van der Waals surface area contributed by atoms with Crippen molar-refractivity contribution in [1.82, 2.24) is 4.98 Å². The Labute approximate surface area is 166 Å². The third-order valence-electron chi connectivity index (χ3n) is 3.54. The molecule has 0 spiro atoms. The van der Waals surface area contributed by atoms with Crippen LogP contribution in [0.15, 0.2) is 47.5 Å². The zero-order valence-electron chi connectivity index (χ0n) is 13.7. The highest BCUT2D eigenvalue weighted by molar-refractivity contribution is 7.93. The standard InChI is InChI=1S/C16H10ClF2N3O4S2/c17-10-2-4-15(14(7-10)22(23)24)28(25,26)21-16-20-8-11(27-16)5-9-1-3-12(18)13(19)6-9/h1-4,6-8H,5H2,(H,20,21). The second-order valence-electron chi connectivity index (χ2n) is 5.53. The van der Waals surface area contributed by atoms with E-state index < -0.39 is 37.2 Å². The molecule has 7 nitrogen and oxygen atoms in total. The van der Waals surface area contributed by atoms with Crippen molar-refractivity contribution in [2.45, 2.75) is 11.3 Å². The van der Waals surface area contributed by atoms with Gasteiger partial charge in [-0.2, -0.15) is 0 Å². The summed E-state index contributed by atoms with van der Waals surface area (Å²) >= 11 is 6.66. The molecule has 2 aromatic carbocycles. The Hall–Kier alpha value is -2.63. The maximum atomic E-state index is 13.3. The fraction of sp³-hybridized carbons (Fsp3) is 0.0625. The van der Waals surface area contributed by atoms with E-state index in [0.717, 1.165) is 35.6 Å². The molecule has 28 heavy (non-hydrogen) atoms. The molecule has 0 atom stereocenters. The molecule has 0 aliphatic heterocycles. The van der Waals surface area contributed by atoms with Crippen molar-refractivity contribution >= 4 is 43.8 Å². The molecule has 1 aromatic heterocycles. The molecule has 0 unspecified atom stereocenters. The molecule has 0 fully saturated rings. The van der Waals surface area contributed by atoms with Gasteiger partial charge in [-0.15, -0.1) is 11.3 Å². The van der Waals surface area contributed by atoms with E-state index in [9.17, 15) is 27.3 Å². The number of nitro groups is 1. The molecule has 0 aliphatic carbocycles. The Kier molecular flexibility index (Phi) is 5.59. The van der Waals surface area contributed by atoms with Gasteiger partial charge in [0.25, 0.3) is 15.7 Å². The summed E-state index contributed by atoms with van der Waals surface area (Å²) in [6, 6.07) is 6.62. The van der Waals surface area contributed by atoms with E-state index in [1.165, 1.54) is 18.3 Å². The Morgan fingerprint density at radius 1 is 1.18 bits per heavy atom. The Bertz CT molecular complexity index is 1170. The first-order valence-corrected chi connectivity index (χ1v) is 10.2. The highest BCUT2D eigenvalue weighted by Crippen LogP contribution is 2.30. The minimum Gasteiger partial charge on any atom is -0.258 e. The fourth-order valence-electron chi connectivity index (χ4n) is 2.32. The number of sulfonamides is 1. The quantitative estimate of drug-likeness (QED) is 0.448. The Balaban J connectivity index is 1.83. The molecule has 0 aliphatic rings. The van der Waals surface area contributed by atoms with Gasteiger partial charge in [-0.05, 0) is 29.8 Å². The number of halogens is 3. The van der Waals surface area contributed by atoms with E-state index in [4.69, 9.17) is 11.6 Å². The topological polar surface area (TPSA) is 102 Å². The number of anilines is 1. The molecule has 3 aromatic rings. The van der Waals surface area contributed by atoms with Crippen molar-refractivity contribution in [2.24, 2.45) is 0 Å². The number of benzene rings is 2. The highest BCUT2D eigenvalue weighted by Gasteiger charge is 2.27. The molecule has 146 valence electrons. The lowest BCUT2D eigenvalue weighted by molar-refractivity contribution is -0.387. The fourth-order valence-corrected chi connectivity index (χ4v) is 4.73. The number of nitrogens with zero attached hydrogens (tertiary/aromatic N) is 2. The van der Waals surface area contributed by atoms with Crippen molar-refractivity contribution in [3.8, 4) is 0 Å². The van der Waals surface area contributed by atoms with Crippen LogP contribution in [-0.2, 0) is 16.4 Å². The maximum absolute atomic E-state index is 13.3. The van der Waals surface area contributed by atoms with E-state index >= 15 is 0 Å². The van der Waals surface area contributed by atoms with Gasteiger partial charge < -0.3 is 0 Å². The summed E-state index contributed by atoms with van der Waals surface area (Å²) < 4.78 is 53.5. The van der Waals surface area contributed by atoms with E-state index in [-0.39, 0.29) is 16.6 Å². The number of hydrogen-bond acceptors (Lipinski definition) is 6. The van der Waals surface area contributed by atoms with Crippen molar-refractivity contribution in [3.05, 3.63) is 79.8 Å². The molecular formula is C16H10ClF2N3O4S2. The second-order valence-corrected chi connectivity index (χ2v) is 8.73. The van der Waals surface area contributed by atoms with Gasteiger partial charge in [-0.3, -0.25) is 14.8 Å². The molecule has 0 saturated carbocycles. The minimum atomic E-state index is -4.29. The summed E-state index contributed by atoms with van der Waals surface area (Å²) in [4.78, 5) is 14.2.